The Morgan fingerprint density at radius 2 is 2.26 bits per heavy atom. The van der Waals surface area contributed by atoms with Crippen molar-refractivity contribution < 1.29 is 23.8 Å². The zero-order chi connectivity index (χ0) is 13.9. The molecule has 5 nitrogen and oxygen atoms in total. The molecule has 1 atom stereocenters. The number of carbonyl (C=O) groups excluding carboxylic acids is 2. The van der Waals surface area contributed by atoms with Crippen molar-refractivity contribution in [3.05, 3.63) is 23.8 Å². The van der Waals surface area contributed by atoms with E-state index < -0.39 is 0 Å². The van der Waals surface area contributed by atoms with Crippen molar-refractivity contribution in [1.29, 1.82) is 0 Å². The molecule has 0 aromatic carbocycles. The summed E-state index contributed by atoms with van der Waals surface area (Å²) in [6.45, 7) is 3.66. The minimum absolute atomic E-state index is 0.0532. The lowest BCUT2D eigenvalue weighted by atomic mass is 10.1. The van der Waals surface area contributed by atoms with E-state index in [1.807, 2.05) is 12.2 Å². The molecule has 0 saturated heterocycles. The van der Waals surface area contributed by atoms with Gasteiger partial charge in [0.15, 0.2) is 0 Å². The van der Waals surface area contributed by atoms with E-state index in [2.05, 4.69) is 11.7 Å². The lowest BCUT2D eigenvalue weighted by Crippen LogP contribution is -2.16. The van der Waals surface area contributed by atoms with Crippen LogP contribution in [0.25, 0.3) is 0 Å². The SMILES string of the molecule is CCCOC1C=CC(C(=O)OCCCOC=O)=CC1. The molecule has 0 amide bonds. The van der Waals surface area contributed by atoms with Crippen molar-refractivity contribution >= 4 is 12.4 Å². The average Bonchev–Trinajstić information content (AvgIpc) is 2.45. The predicted molar refractivity (Wildman–Crippen MR) is 69.5 cm³/mol. The molecule has 0 aromatic heterocycles. The molecule has 0 fully saturated rings. The molecular weight excluding hydrogens is 248 g/mol. The van der Waals surface area contributed by atoms with Gasteiger partial charge in [0.1, 0.15) is 0 Å². The summed E-state index contributed by atoms with van der Waals surface area (Å²) in [5.74, 6) is -0.351. The van der Waals surface area contributed by atoms with Gasteiger partial charge in [-0.3, -0.25) is 4.79 Å². The highest BCUT2D eigenvalue weighted by molar-refractivity contribution is 5.91. The van der Waals surface area contributed by atoms with E-state index in [1.165, 1.54) is 0 Å². The number of carbonyl (C=O) groups is 2. The zero-order valence-corrected chi connectivity index (χ0v) is 11.2. The van der Waals surface area contributed by atoms with E-state index in [0.29, 0.717) is 24.9 Å². The first kappa shape index (κ1) is 15.4. The third-order valence-electron chi connectivity index (χ3n) is 2.54. The smallest absolute Gasteiger partial charge is 0.337 e. The van der Waals surface area contributed by atoms with Crippen molar-refractivity contribution in [1.82, 2.24) is 0 Å². The summed E-state index contributed by atoms with van der Waals surface area (Å²) in [6.07, 6.45) is 7.66. The van der Waals surface area contributed by atoms with Crippen LogP contribution in [0.1, 0.15) is 26.2 Å². The van der Waals surface area contributed by atoms with Crippen LogP contribution >= 0.6 is 0 Å². The third-order valence-corrected chi connectivity index (χ3v) is 2.54. The lowest BCUT2D eigenvalue weighted by Gasteiger charge is -2.16. The molecule has 0 N–H and O–H groups in total. The van der Waals surface area contributed by atoms with Crippen LogP contribution in [-0.2, 0) is 23.8 Å². The van der Waals surface area contributed by atoms with Gasteiger partial charge in [-0.15, -0.1) is 0 Å². The molecule has 0 aliphatic heterocycles. The predicted octanol–water partition coefficient (Wildman–Crippen LogP) is 1.77. The molecule has 0 heterocycles. The fourth-order valence-electron chi connectivity index (χ4n) is 1.58. The van der Waals surface area contributed by atoms with Crippen LogP contribution in [0.2, 0.25) is 0 Å². The summed E-state index contributed by atoms with van der Waals surface area (Å²) in [7, 11) is 0. The molecule has 0 aromatic rings. The molecule has 1 unspecified atom stereocenters. The highest BCUT2D eigenvalue weighted by Crippen LogP contribution is 2.14. The fourth-order valence-corrected chi connectivity index (χ4v) is 1.58. The van der Waals surface area contributed by atoms with E-state index in [0.717, 1.165) is 13.0 Å². The molecule has 5 heteroatoms. The van der Waals surface area contributed by atoms with Crippen LogP contribution in [0.4, 0.5) is 0 Å². The van der Waals surface area contributed by atoms with Crippen LogP contribution in [0.15, 0.2) is 23.8 Å². The molecule has 1 aliphatic rings. The van der Waals surface area contributed by atoms with Gasteiger partial charge in [-0.1, -0.05) is 19.1 Å². The zero-order valence-electron chi connectivity index (χ0n) is 11.2. The van der Waals surface area contributed by atoms with Crippen molar-refractivity contribution in [2.24, 2.45) is 0 Å². The van der Waals surface area contributed by atoms with Gasteiger partial charge in [0.2, 0.25) is 0 Å². The van der Waals surface area contributed by atoms with Crippen molar-refractivity contribution in [3.8, 4) is 0 Å². The van der Waals surface area contributed by atoms with Crippen LogP contribution in [0, 0.1) is 0 Å². The normalized spacial score (nSPS) is 17.7. The molecule has 1 aliphatic carbocycles. The van der Waals surface area contributed by atoms with Crippen LogP contribution < -0.4 is 0 Å². The average molecular weight is 268 g/mol. The molecule has 1 rings (SSSR count). The Kier molecular flexibility index (Phi) is 7.58. The standard InChI is InChI=1S/C14H20O5/c1-2-8-18-13-6-4-12(5-7-13)14(16)19-10-3-9-17-11-15/h4-6,11,13H,2-3,7-10H2,1H3. The summed E-state index contributed by atoms with van der Waals surface area (Å²) < 4.78 is 15.1. The van der Waals surface area contributed by atoms with Gasteiger partial charge < -0.3 is 14.2 Å². The number of esters is 1. The Labute approximate surface area is 113 Å². The maximum Gasteiger partial charge on any atom is 0.337 e. The number of hydrogen-bond acceptors (Lipinski definition) is 5. The Morgan fingerprint density at radius 3 is 2.89 bits per heavy atom. The van der Waals surface area contributed by atoms with Crippen molar-refractivity contribution in [2.45, 2.75) is 32.3 Å². The molecule has 106 valence electrons. The van der Waals surface area contributed by atoms with Gasteiger partial charge in [0, 0.05) is 13.0 Å². The monoisotopic (exact) mass is 268 g/mol. The van der Waals surface area contributed by atoms with Crippen LogP contribution in [0.5, 0.6) is 0 Å². The van der Waals surface area contributed by atoms with E-state index in [4.69, 9.17) is 9.47 Å². The van der Waals surface area contributed by atoms with E-state index in [1.54, 1.807) is 6.08 Å². The van der Waals surface area contributed by atoms with Gasteiger partial charge in [-0.05, 0) is 18.9 Å². The van der Waals surface area contributed by atoms with Gasteiger partial charge in [0.25, 0.3) is 6.47 Å². The van der Waals surface area contributed by atoms with E-state index >= 15 is 0 Å². The fraction of sp³-hybridized carbons (Fsp3) is 0.571. The minimum Gasteiger partial charge on any atom is -0.468 e. The minimum atomic E-state index is -0.351. The summed E-state index contributed by atoms with van der Waals surface area (Å²) in [5.41, 5.74) is 0.549. The van der Waals surface area contributed by atoms with Crippen LogP contribution in [-0.4, -0.2) is 38.4 Å². The number of ether oxygens (including phenoxy) is 3. The second-order valence-electron chi connectivity index (χ2n) is 4.12. The Hall–Kier alpha value is -1.62. The van der Waals surface area contributed by atoms with Gasteiger partial charge >= 0.3 is 5.97 Å². The number of hydrogen-bond donors (Lipinski definition) is 0. The van der Waals surface area contributed by atoms with Gasteiger partial charge in [0.05, 0.1) is 24.9 Å². The van der Waals surface area contributed by atoms with Gasteiger partial charge in [-0.2, -0.15) is 0 Å². The lowest BCUT2D eigenvalue weighted by molar-refractivity contribution is -0.139. The molecule has 0 spiro atoms. The highest BCUT2D eigenvalue weighted by Gasteiger charge is 2.14. The largest absolute Gasteiger partial charge is 0.468 e. The Balaban J connectivity index is 2.22. The summed E-state index contributed by atoms with van der Waals surface area (Å²) >= 11 is 0. The summed E-state index contributed by atoms with van der Waals surface area (Å²) in [5, 5.41) is 0. The summed E-state index contributed by atoms with van der Waals surface area (Å²) in [6, 6.07) is 0. The Bertz CT molecular complexity index is 346. The maximum atomic E-state index is 11.7. The molecule has 0 radical (unpaired) electrons. The highest BCUT2D eigenvalue weighted by atomic mass is 16.5. The quantitative estimate of drug-likeness (QED) is 0.362. The van der Waals surface area contributed by atoms with E-state index in [9.17, 15) is 9.59 Å². The Morgan fingerprint density at radius 1 is 1.42 bits per heavy atom. The van der Waals surface area contributed by atoms with E-state index in [-0.39, 0.29) is 25.3 Å². The van der Waals surface area contributed by atoms with Gasteiger partial charge in [-0.25, -0.2) is 4.79 Å². The van der Waals surface area contributed by atoms with Crippen molar-refractivity contribution in [2.75, 3.05) is 19.8 Å². The first-order valence-corrected chi connectivity index (χ1v) is 6.50. The first-order valence-electron chi connectivity index (χ1n) is 6.50. The summed E-state index contributed by atoms with van der Waals surface area (Å²) in [4.78, 5) is 21.6. The van der Waals surface area contributed by atoms with Crippen molar-refractivity contribution in [3.63, 3.8) is 0 Å². The second-order valence-corrected chi connectivity index (χ2v) is 4.12. The second kappa shape index (κ2) is 9.33. The molecule has 0 saturated carbocycles. The topological polar surface area (TPSA) is 61.8 Å². The third kappa shape index (κ3) is 6.20. The van der Waals surface area contributed by atoms with Crippen LogP contribution in [0.3, 0.4) is 0 Å². The molecule has 19 heavy (non-hydrogen) atoms. The maximum absolute atomic E-state index is 11.7. The number of rotatable bonds is 9. The molecule has 0 bridgehead atoms. The molecular formula is C14H20O5. The first-order chi connectivity index (χ1) is 9.27.